The van der Waals surface area contributed by atoms with E-state index in [0.29, 0.717) is 4.83 Å². The molecular weight excluding hydrogens is 300 g/mol. The zero-order chi connectivity index (χ0) is 12.8. The number of alkyl halides is 1. The predicted molar refractivity (Wildman–Crippen MR) is 79.6 cm³/mol. The molecule has 1 aromatic carbocycles. The van der Waals surface area contributed by atoms with Crippen LogP contribution in [0.15, 0.2) is 42.7 Å². The minimum absolute atomic E-state index is 0.486. The second kappa shape index (κ2) is 4.48. The van der Waals surface area contributed by atoms with Gasteiger partial charge in [0.15, 0.2) is 0 Å². The molecule has 2 fully saturated rings. The Morgan fingerprint density at radius 2 is 1.89 bits per heavy atom. The van der Waals surface area contributed by atoms with E-state index in [1.54, 1.807) is 0 Å². The number of fused-ring (bicyclic) bond motifs is 1. The van der Waals surface area contributed by atoms with Crippen molar-refractivity contribution in [1.29, 1.82) is 0 Å². The van der Waals surface area contributed by atoms with E-state index in [-0.39, 0.29) is 0 Å². The van der Waals surface area contributed by atoms with Gasteiger partial charge in [0.2, 0.25) is 0 Å². The molecule has 2 aliphatic carbocycles. The van der Waals surface area contributed by atoms with Gasteiger partial charge in [-0.15, -0.1) is 0 Å². The first-order valence-electron chi connectivity index (χ1n) is 7.08. The Morgan fingerprint density at radius 3 is 2.63 bits per heavy atom. The lowest BCUT2D eigenvalue weighted by Crippen LogP contribution is -1.97. The van der Waals surface area contributed by atoms with Gasteiger partial charge in [-0.05, 0) is 42.7 Å². The highest BCUT2D eigenvalue weighted by atomic mass is 79.9. The quantitative estimate of drug-likeness (QED) is 0.769. The summed E-state index contributed by atoms with van der Waals surface area (Å²) >= 11 is 3.90. The third kappa shape index (κ3) is 1.95. The Kier molecular flexibility index (Phi) is 2.76. The third-order valence-corrected chi connectivity index (χ3v) is 5.89. The fraction of sp³-hybridized carbons (Fsp3) is 0.438. The van der Waals surface area contributed by atoms with Gasteiger partial charge >= 0.3 is 0 Å². The maximum Gasteiger partial charge on any atom is 0.0645 e. The zero-order valence-electron chi connectivity index (χ0n) is 10.7. The molecular formula is C16H17BrN2. The fourth-order valence-corrected chi connectivity index (χ4v) is 4.75. The lowest BCUT2D eigenvalue weighted by molar-refractivity contribution is 0.583. The van der Waals surface area contributed by atoms with Gasteiger partial charge in [-0.1, -0.05) is 40.5 Å². The Balaban J connectivity index is 1.55. The summed E-state index contributed by atoms with van der Waals surface area (Å²) in [7, 11) is 0. The number of para-hydroxylation sites is 1. The van der Waals surface area contributed by atoms with Crippen LogP contribution >= 0.6 is 15.9 Å². The Bertz CT molecular complexity index is 567. The van der Waals surface area contributed by atoms with Crippen LogP contribution in [0.1, 0.15) is 29.7 Å². The van der Waals surface area contributed by atoms with Crippen molar-refractivity contribution < 1.29 is 0 Å². The Labute approximate surface area is 122 Å². The number of benzene rings is 1. The van der Waals surface area contributed by atoms with E-state index in [4.69, 9.17) is 0 Å². The molecule has 3 heteroatoms. The van der Waals surface area contributed by atoms with Crippen molar-refractivity contribution in [3.8, 4) is 5.69 Å². The van der Waals surface area contributed by atoms with Crippen molar-refractivity contribution >= 4 is 15.9 Å². The van der Waals surface area contributed by atoms with Crippen LogP contribution in [0.2, 0.25) is 0 Å². The van der Waals surface area contributed by atoms with Gasteiger partial charge in [0.1, 0.15) is 0 Å². The topological polar surface area (TPSA) is 17.8 Å². The zero-order valence-corrected chi connectivity index (χ0v) is 12.3. The van der Waals surface area contributed by atoms with Crippen molar-refractivity contribution in [3.63, 3.8) is 0 Å². The maximum absolute atomic E-state index is 4.50. The molecule has 2 saturated carbocycles. The average molecular weight is 317 g/mol. The van der Waals surface area contributed by atoms with E-state index >= 15 is 0 Å². The molecule has 0 saturated heterocycles. The molecule has 98 valence electrons. The van der Waals surface area contributed by atoms with E-state index in [0.717, 1.165) is 23.4 Å². The number of hydrogen-bond acceptors (Lipinski definition) is 1. The number of aromatic nitrogens is 2. The fourth-order valence-electron chi connectivity index (χ4n) is 3.73. The van der Waals surface area contributed by atoms with E-state index in [9.17, 15) is 0 Å². The molecule has 2 aliphatic rings. The number of hydrogen-bond donors (Lipinski definition) is 0. The largest absolute Gasteiger partial charge is 0.241 e. The van der Waals surface area contributed by atoms with Gasteiger partial charge < -0.3 is 0 Å². The summed E-state index contributed by atoms with van der Waals surface area (Å²) < 4.78 is 1.97. The van der Waals surface area contributed by atoms with Gasteiger partial charge in [-0.25, -0.2) is 4.68 Å². The van der Waals surface area contributed by atoms with Gasteiger partial charge in [-0.2, -0.15) is 5.10 Å². The van der Waals surface area contributed by atoms with E-state index < -0.39 is 0 Å². The SMILES string of the molecule is BrC(c1cnn(-c2ccccc2)c1)C1C2CCCC21. The second-order valence-corrected chi connectivity index (χ2v) is 6.78. The summed E-state index contributed by atoms with van der Waals surface area (Å²) in [5.41, 5.74) is 2.45. The molecule has 2 nitrogen and oxygen atoms in total. The average Bonchev–Trinajstić information content (AvgIpc) is 2.89. The minimum atomic E-state index is 0.486. The van der Waals surface area contributed by atoms with Crippen LogP contribution in [-0.4, -0.2) is 9.78 Å². The molecule has 19 heavy (non-hydrogen) atoms. The molecule has 0 spiro atoms. The van der Waals surface area contributed by atoms with E-state index in [1.165, 1.54) is 24.8 Å². The molecule has 3 unspecified atom stereocenters. The number of rotatable bonds is 3. The first kappa shape index (κ1) is 11.7. The van der Waals surface area contributed by atoms with Crippen LogP contribution in [0.3, 0.4) is 0 Å². The van der Waals surface area contributed by atoms with Gasteiger partial charge in [0, 0.05) is 16.6 Å². The summed E-state index contributed by atoms with van der Waals surface area (Å²) in [6, 6.07) is 10.3. The summed E-state index contributed by atoms with van der Waals surface area (Å²) in [6.45, 7) is 0. The Hall–Kier alpha value is -1.09. The smallest absolute Gasteiger partial charge is 0.0645 e. The summed E-state index contributed by atoms with van der Waals surface area (Å²) in [5, 5.41) is 4.50. The first-order chi connectivity index (χ1) is 9.34. The molecule has 0 bridgehead atoms. The minimum Gasteiger partial charge on any atom is -0.241 e. The van der Waals surface area contributed by atoms with E-state index in [1.807, 2.05) is 29.1 Å². The highest BCUT2D eigenvalue weighted by Gasteiger charge is 2.55. The van der Waals surface area contributed by atoms with Crippen LogP contribution in [0, 0.1) is 17.8 Å². The summed E-state index contributed by atoms with van der Waals surface area (Å²) in [6.07, 6.45) is 8.49. The van der Waals surface area contributed by atoms with Gasteiger partial charge in [-0.3, -0.25) is 0 Å². The van der Waals surface area contributed by atoms with Crippen molar-refractivity contribution in [2.24, 2.45) is 17.8 Å². The van der Waals surface area contributed by atoms with Crippen LogP contribution < -0.4 is 0 Å². The van der Waals surface area contributed by atoms with Gasteiger partial charge in [0.25, 0.3) is 0 Å². The molecule has 1 aromatic heterocycles. The molecule has 1 heterocycles. The molecule has 2 aromatic rings. The monoisotopic (exact) mass is 316 g/mol. The van der Waals surface area contributed by atoms with Crippen LogP contribution in [0.25, 0.3) is 5.69 Å². The molecule has 0 amide bonds. The molecule has 0 radical (unpaired) electrons. The molecule has 0 aliphatic heterocycles. The lowest BCUT2D eigenvalue weighted by atomic mass is 10.1. The Morgan fingerprint density at radius 1 is 1.16 bits per heavy atom. The number of halogens is 1. The first-order valence-corrected chi connectivity index (χ1v) is 8.00. The third-order valence-electron chi connectivity index (χ3n) is 4.75. The summed E-state index contributed by atoms with van der Waals surface area (Å²) in [4.78, 5) is 0.486. The van der Waals surface area contributed by atoms with Crippen LogP contribution in [-0.2, 0) is 0 Å². The van der Waals surface area contributed by atoms with Crippen molar-refractivity contribution in [3.05, 3.63) is 48.3 Å². The highest BCUT2D eigenvalue weighted by Crippen LogP contribution is 2.64. The molecule has 3 atom stereocenters. The van der Waals surface area contributed by atoms with Crippen LogP contribution in [0.5, 0.6) is 0 Å². The lowest BCUT2D eigenvalue weighted by Gasteiger charge is -2.09. The summed E-state index contributed by atoms with van der Waals surface area (Å²) in [5.74, 6) is 2.80. The van der Waals surface area contributed by atoms with Crippen molar-refractivity contribution in [2.75, 3.05) is 0 Å². The second-order valence-electron chi connectivity index (χ2n) is 5.79. The molecule has 4 rings (SSSR count). The van der Waals surface area contributed by atoms with Crippen LogP contribution in [0.4, 0.5) is 0 Å². The molecule has 0 N–H and O–H groups in total. The van der Waals surface area contributed by atoms with Crippen molar-refractivity contribution in [1.82, 2.24) is 9.78 Å². The van der Waals surface area contributed by atoms with Gasteiger partial charge in [0.05, 0.1) is 11.9 Å². The maximum atomic E-state index is 4.50. The van der Waals surface area contributed by atoms with E-state index in [2.05, 4.69) is 39.4 Å². The van der Waals surface area contributed by atoms with Crippen molar-refractivity contribution in [2.45, 2.75) is 24.1 Å². The standard InChI is InChI=1S/C16H17BrN2/c17-16(15-13-7-4-8-14(13)15)11-9-18-19(10-11)12-5-2-1-3-6-12/h1-3,5-6,9-10,13-16H,4,7-8H2. The predicted octanol–water partition coefficient (Wildman–Crippen LogP) is 4.35. The number of nitrogens with zero attached hydrogens (tertiary/aromatic N) is 2. The highest BCUT2D eigenvalue weighted by molar-refractivity contribution is 9.09. The normalized spacial score (nSPS) is 30.1.